The van der Waals surface area contributed by atoms with Gasteiger partial charge >= 0.3 is 0 Å². The molecule has 0 bridgehead atoms. The lowest BCUT2D eigenvalue weighted by atomic mass is 9.89. The number of hydrogen-bond donors (Lipinski definition) is 0. The highest BCUT2D eigenvalue weighted by Gasteiger charge is 2.30. The second-order valence-corrected chi connectivity index (χ2v) is 8.84. The zero-order valence-corrected chi connectivity index (χ0v) is 17.1. The van der Waals surface area contributed by atoms with Crippen molar-refractivity contribution in [1.82, 2.24) is 24.6 Å². The minimum absolute atomic E-state index is 0.257. The standard InChI is InChI=1S/C21H31N5O/c1-15(2)26-19(6-9-24-26)18-13-17(22-14-23-18)12-16-7-10-25(11-8-16)20(27)21(3,4)5/h6,9,13-16H,7-8,10-12H2,1-5H3. The van der Waals surface area contributed by atoms with Crippen LogP contribution in [-0.4, -0.2) is 43.6 Å². The van der Waals surface area contributed by atoms with E-state index in [4.69, 9.17) is 0 Å². The molecule has 0 atom stereocenters. The maximum atomic E-state index is 12.4. The summed E-state index contributed by atoms with van der Waals surface area (Å²) in [6.07, 6.45) is 6.47. The number of aromatic nitrogens is 4. The Morgan fingerprint density at radius 2 is 1.93 bits per heavy atom. The van der Waals surface area contributed by atoms with Crippen molar-refractivity contribution >= 4 is 5.91 Å². The topological polar surface area (TPSA) is 63.9 Å². The zero-order chi connectivity index (χ0) is 19.6. The van der Waals surface area contributed by atoms with Crippen LogP contribution in [0.2, 0.25) is 0 Å². The molecule has 0 unspecified atom stereocenters. The van der Waals surface area contributed by atoms with E-state index in [1.807, 2.05) is 42.6 Å². The maximum absolute atomic E-state index is 12.4. The highest BCUT2D eigenvalue weighted by atomic mass is 16.2. The van der Waals surface area contributed by atoms with Crippen molar-refractivity contribution in [3.63, 3.8) is 0 Å². The Hall–Kier alpha value is -2.24. The molecule has 6 heteroatoms. The van der Waals surface area contributed by atoms with Crippen LogP contribution in [0.15, 0.2) is 24.7 Å². The first-order chi connectivity index (χ1) is 12.8. The Labute approximate surface area is 162 Å². The van der Waals surface area contributed by atoms with Crippen molar-refractivity contribution < 1.29 is 4.79 Å². The van der Waals surface area contributed by atoms with Crippen LogP contribution in [0, 0.1) is 11.3 Å². The second kappa shape index (κ2) is 7.79. The maximum Gasteiger partial charge on any atom is 0.227 e. The lowest BCUT2D eigenvalue weighted by Gasteiger charge is -2.35. The number of carbonyl (C=O) groups is 1. The van der Waals surface area contributed by atoms with Crippen molar-refractivity contribution in [2.75, 3.05) is 13.1 Å². The van der Waals surface area contributed by atoms with Gasteiger partial charge in [0.2, 0.25) is 5.91 Å². The van der Waals surface area contributed by atoms with Gasteiger partial charge in [0, 0.05) is 36.4 Å². The van der Waals surface area contributed by atoms with Crippen molar-refractivity contribution in [2.24, 2.45) is 11.3 Å². The van der Waals surface area contributed by atoms with Crippen molar-refractivity contribution in [3.8, 4) is 11.4 Å². The smallest absolute Gasteiger partial charge is 0.227 e. The second-order valence-electron chi connectivity index (χ2n) is 8.84. The quantitative estimate of drug-likeness (QED) is 0.823. The van der Waals surface area contributed by atoms with E-state index in [0.717, 1.165) is 49.4 Å². The summed E-state index contributed by atoms with van der Waals surface area (Å²) < 4.78 is 1.99. The molecule has 0 saturated carbocycles. The van der Waals surface area contributed by atoms with Crippen LogP contribution < -0.4 is 0 Å². The molecule has 1 fully saturated rings. The third-order valence-corrected chi connectivity index (χ3v) is 5.19. The number of rotatable bonds is 4. The van der Waals surface area contributed by atoms with Crippen LogP contribution in [0.5, 0.6) is 0 Å². The van der Waals surface area contributed by atoms with E-state index in [9.17, 15) is 4.79 Å². The average Bonchev–Trinajstić information content (AvgIpc) is 3.11. The molecule has 3 heterocycles. The molecule has 1 aliphatic rings. The van der Waals surface area contributed by atoms with E-state index in [0.29, 0.717) is 5.92 Å². The van der Waals surface area contributed by atoms with E-state index >= 15 is 0 Å². The van der Waals surface area contributed by atoms with E-state index in [1.165, 1.54) is 0 Å². The highest BCUT2D eigenvalue weighted by Crippen LogP contribution is 2.26. The van der Waals surface area contributed by atoms with Gasteiger partial charge in [-0.1, -0.05) is 20.8 Å². The molecule has 1 saturated heterocycles. The van der Waals surface area contributed by atoms with Crippen LogP contribution in [0.3, 0.4) is 0 Å². The number of amides is 1. The van der Waals surface area contributed by atoms with Crippen LogP contribution in [0.25, 0.3) is 11.4 Å². The highest BCUT2D eigenvalue weighted by molar-refractivity contribution is 5.81. The van der Waals surface area contributed by atoms with Gasteiger partial charge in [0.25, 0.3) is 0 Å². The van der Waals surface area contributed by atoms with Crippen molar-refractivity contribution in [1.29, 1.82) is 0 Å². The molecule has 1 amide bonds. The predicted octanol–water partition coefficient (Wildman–Crippen LogP) is 3.75. The van der Waals surface area contributed by atoms with Crippen molar-refractivity contribution in [3.05, 3.63) is 30.4 Å². The molecule has 0 spiro atoms. The summed E-state index contributed by atoms with van der Waals surface area (Å²) in [5.74, 6) is 0.819. The fourth-order valence-electron chi connectivity index (χ4n) is 3.69. The summed E-state index contributed by atoms with van der Waals surface area (Å²) in [4.78, 5) is 23.4. The Morgan fingerprint density at radius 3 is 2.56 bits per heavy atom. The van der Waals surface area contributed by atoms with Gasteiger partial charge in [-0.3, -0.25) is 9.48 Å². The van der Waals surface area contributed by atoms with Gasteiger partial charge in [0.1, 0.15) is 6.33 Å². The SMILES string of the molecule is CC(C)n1nccc1-c1cc(CC2CCN(C(=O)C(C)(C)C)CC2)ncn1. The molecule has 146 valence electrons. The van der Waals surface area contributed by atoms with Gasteiger partial charge in [-0.15, -0.1) is 0 Å². The van der Waals surface area contributed by atoms with E-state index < -0.39 is 0 Å². The molecule has 27 heavy (non-hydrogen) atoms. The van der Waals surface area contributed by atoms with Gasteiger partial charge in [-0.25, -0.2) is 9.97 Å². The van der Waals surface area contributed by atoms with Gasteiger partial charge in [0.15, 0.2) is 0 Å². The Balaban J connectivity index is 1.64. The third kappa shape index (κ3) is 4.54. The van der Waals surface area contributed by atoms with E-state index in [2.05, 4.69) is 35.0 Å². The van der Waals surface area contributed by atoms with Crippen LogP contribution in [0.4, 0.5) is 0 Å². The molecule has 0 radical (unpaired) electrons. The van der Waals surface area contributed by atoms with Crippen molar-refractivity contribution in [2.45, 2.75) is 59.9 Å². The first kappa shape index (κ1) is 19.5. The summed E-state index contributed by atoms with van der Waals surface area (Å²) in [5, 5.41) is 4.40. The normalized spacial score (nSPS) is 16.1. The molecule has 6 nitrogen and oxygen atoms in total. The monoisotopic (exact) mass is 369 g/mol. The molecular formula is C21H31N5O. The molecule has 1 aliphatic heterocycles. The van der Waals surface area contributed by atoms with Crippen LogP contribution >= 0.6 is 0 Å². The summed E-state index contributed by atoms with van der Waals surface area (Å²) in [6.45, 7) is 11.9. The Kier molecular flexibility index (Phi) is 5.63. The molecule has 2 aromatic rings. The number of likely N-dealkylation sites (tertiary alicyclic amines) is 1. The number of carbonyl (C=O) groups excluding carboxylic acids is 1. The first-order valence-electron chi connectivity index (χ1n) is 9.90. The molecule has 0 aromatic carbocycles. The van der Waals surface area contributed by atoms with Crippen LogP contribution in [-0.2, 0) is 11.2 Å². The molecule has 3 rings (SSSR count). The Bertz CT molecular complexity index is 782. The van der Waals surface area contributed by atoms with E-state index in [-0.39, 0.29) is 17.4 Å². The molecule has 2 aromatic heterocycles. The number of piperidine rings is 1. The van der Waals surface area contributed by atoms with Gasteiger partial charge in [0.05, 0.1) is 11.4 Å². The fraction of sp³-hybridized carbons (Fsp3) is 0.619. The van der Waals surface area contributed by atoms with Crippen LogP contribution in [0.1, 0.15) is 59.2 Å². The van der Waals surface area contributed by atoms with E-state index in [1.54, 1.807) is 6.33 Å². The summed E-state index contributed by atoms with van der Waals surface area (Å²) in [7, 11) is 0. The largest absolute Gasteiger partial charge is 0.342 e. The zero-order valence-electron chi connectivity index (χ0n) is 17.1. The lowest BCUT2D eigenvalue weighted by Crippen LogP contribution is -2.44. The van der Waals surface area contributed by atoms with Gasteiger partial charge in [-0.2, -0.15) is 5.10 Å². The third-order valence-electron chi connectivity index (χ3n) is 5.19. The number of nitrogens with zero attached hydrogens (tertiary/aromatic N) is 5. The summed E-state index contributed by atoms with van der Waals surface area (Å²) in [6, 6.07) is 4.38. The molecule has 0 aliphatic carbocycles. The van der Waals surface area contributed by atoms with Gasteiger partial charge < -0.3 is 4.90 Å². The van der Waals surface area contributed by atoms with Gasteiger partial charge in [-0.05, 0) is 51.2 Å². The minimum atomic E-state index is -0.298. The Morgan fingerprint density at radius 1 is 1.22 bits per heavy atom. The molecular weight excluding hydrogens is 338 g/mol. The minimum Gasteiger partial charge on any atom is -0.342 e. The average molecular weight is 370 g/mol. The summed E-state index contributed by atoms with van der Waals surface area (Å²) >= 11 is 0. The predicted molar refractivity (Wildman–Crippen MR) is 106 cm³/mol. The summed E-state index contributed by atoms with van der Waals surface area (Å²) in [5.41, 5.74) is 2.72. The fourth-order valence-corrected chi connectivity index (χ4v) is 3.69. The lowest BCUT2D eigenvalue weighted by molar-refractivity contribution is -0.140. The first-order valence-corrected chi connectivity index (χ1v) is 9.90. The molecule has 0 N–H and O–H groups in total. The number of hydrogen-bond acceptors (Lipinski definition) is 4.